The summed E-state index contributed by atoms with van der Waals surface area (Å²) < 4.78 is 7.87. The fourth-order valence-electron chi connectivity index (χ4n) is 2.08. The van der Waals surface area contributed by atoms with E-state index in [2.05, 4.69) is 28.5 Å². The minimum Gasteiger partial charge on any atom is -0.485 e. The molecular formula is C16H22N4O2S. The Morgan fingerprint density at radius 1 is 1.35 bits per heavy atom. The van der Waals surface area contributed by atoms with Crippen molar-refractivity contribution in [1.29, 1.82) is 0 Å². The predicted molar refractivity (Wildman–Crippen MR) is 90.7 cm³/mol. The zero-order valence-corrected chi connectivity index (χ0v) is 14.7. The number of aryl methyl sites for hydroxylation is 1. The molecule has 6 nitrogen and oxygen atoms in total. The quantitative estimate of drug-likeness (QED) is 0.787. The Kier molecular flexibility index (Phi) is 6.04. The van der Waals surface area contributed by atoms with Crippen LogP contribution in [-0.2, 0) is 17.9 Å². The molecule has 23 heavy (non-hydrogen) atoms. The summed E-state index contributed by atoms with van der Waals surface area (Å²) in [6.07, 6.45) is 0. The summed E-state index contributed by atoms with van der Waals surface area (Å²) in [5.41, 5.74) is 2.32. The van der Waals surface area contributed by atoms with E-state index in [1.165, 1.54) is 17.3 Å². The third-order valence-corrected chi connectivity index (χ3v) is 4.60. The molecule has 1 N–H and O–H groups in total. The summed E-state index contributed by atoms with van der Waals surface area (Å²) in [4.78, 5) is 11.4. The van der Waals surface area contributed by atoms with Crippen molar-refractivity contribution in [2.45, 2.75) is 39.1 Å². The van der Waals surface area contributed by atoms with Gasteiger partial charge in [0, 0.05) is 13.6 Å². The van der Waals surface area contributed by atoms with E-state index in [1.54, 1.807) is 7.05 Å². The third kappa shape index (κ3) is 4.25. The number of carbonyl (C=O) groups is 1. The number of nitrogens with one attached hydrogen (secondary N) is 1. The number of amides is 1. The molecule has 0 aliphatic rings. The maximum Gasteiger partial charge on any atom is 0.230 e. The van der Waals surface area contributed by atoms with E-state index < -0.39 is 0 Å². The van der Waals surface area contributed by atoms with Crippen molar-refractivity contribution in [1.82, 2.24) is 20.1 Å². The second-order valence-electron chi connectivity index (χ2n) is 5.09. The first kappa shape index (κ1) is 17.3. The highest BCUT2D eigenvalue weighted by Crippen LogP contribution is 2.22. The van der Waals surface area contributed by atoms with Gasteiger partial charge in [-0.1, -0.05) is 23.9 Å². The molecule has 0 aliphatic carbocycles. The van der Waals surface area contributed by atoms with Gasteiger partial charge in [-0.2, -0.15) is 0 Å². The maximum absolute atomic E-state index is 11.4. The first-order valence-corrected chi connectivity index (χ1v) is 8.49. The first-order valence-electron chi connectivity index (χ1n) is 7.51. The minimum atomic E-state index is -0.0335. The van der Waals surface area contributed by atoms with Crippen LogP contribution in [0.2, 0.25) is 0 Å². The third-order valence-electron chi connectivity index (χ3n) is 3.63. The highest BCUT2D eigenvalue weighted by Gasteiger charge is 2.13. The van der Waals surface area contributed by atoms with Gasteiger partial charge in [0.2, 0.25) is 5.91 Å². The van der Waals surface area contributed by atoms with Crippen molar-refractivity contribution >= 4 is 17.7 Å². The SMILES string of the molecule is CCn1c(COc2cccc(C)c2C)nnc1SCC(=O)NC. The van der Waals surface area contributed by atoms with Crippen LogP contribution in [-0.4, -0.2) is 33.5 Å². The van der Waals surface area contributed by atoms with Crippen LogP contribution in [0.1, 0.15) is 23.9 Å². The normalized spacial score (nSPS) is 10.6. The fourth-order valence-corrected chi connectivity index (χ4v) is 2.97. The summed E-state index contributed by atoms with van der Waals surface area (Å²) in [6, 6.07) is 5.99. The first-order chi connectivity index (χ1) is 11.1. The van der Waals surface area contributed by atoms with E-state index in [4.69, 9.17) is 4.74 Å². The number of ether oxygens (including phenoxy) is 1. The zero-order chi connectivity index (χ0) is 16.8. The van der Waals surface area contributed by atoms with Gasteiger partial charge in [0.1, 0.15) is 12.4 Å². The fraction of sp³-hybridized carbons (Fsp3) is 0.438. The summed E-state index contributed by atoms with van der Waals surface area (Å²) >= 11 is 1.37. The number of carbonyl (C=O) groups excluding carboxylic acids is 1. The molecule has 1 aromatic carbocycles. The monoisotopic (exact) mass is 334 g/mol. The van der Waals surface area contributed by atoms with Crippen LogP contribution < -0.4 is 10.1 Å². The molecule has 0 saturated heterocycles. The van der Waals surface area contributed by atoms with Crippen LogP contribution in [0.15, 0.2) is 23.4 Å². The van der Waals surface area contributed by atoms with Crippen LogP contribution in [0.5, 0.6) is 5.75 Å². The van der Waals surface area contributed by atoms with Gasteiger partial charge in [0.25, 0.3) is 0 Å². The van der Waals surface area contributed by atoms with Crippen LogP contribution in [0.3, 0.4) is 0 Å². The lowest BCUT2D eigenvalue weighted by atomic mass is 10.1. The number of thioether (sulfide) groups is 1. The van der Waals surface area contributed by atoms with Crippen molar-refractivity contribution in [3.05, 3.63) is 35.2 Å². The Balaban J connectivity index is 2.07. The lowest BCUT2D eigenvalue weighted by Gasteiger charge is -2.11. The molecule has 0 bridgehead atoms. The number of rotatable bonds is 7. The van der Waals surface area contributed by atoms with E-state index in [0.29, 0.717) is 12.4 Å². The van der Waals surface area contributed by atoms with E-state index in [1.807, 2.05) is 30.5 Å². The average molecular weight is 334 g/mol. The largest absolute Gasteiger partial charge is 0.485 e. The molecule has 0 spiro atoms. The second kappa shape index (κ2) is 8.01. The number of benzene rings is 1. The Morgan fingerprint density at radius 2 is 2.13 bits per heavy atom. The van der Waals surface area contributed by atoms with Gasteiger partial charge in [-0.25, -0.2) is 0 Å². The van der Waals surface area contributed by atoms with Gasteiger partial charge in [-0.15, -0.1) is 10.2 Å². The van der Waals surface area contributed by atoms with E-state index in [0.717, 1.165) is 28.8 Å². The highest BCUT2D eigenvalue weighted by molar-refractivity contribution is 7.99. The molecule has 0 fully saturated rings. The van der Waals surface area contributed by atoms with Crippen molar-refractivity contribution in [3.63, 3.8) is 0 Å². The minimum absolute atomic E-state index is 0.0335. The number of nitrogens with zero attached hydrogens (tertiary/aromatic N) is 3. The summed E-state index contributed by atoms with van der Waals surface area (Å²) in [7, 11) is 1.62. The molecule has 7 heteroatoms. The molecule has 2 rings (SSSR count). The second-order valence-corrected chi connectivity index (χ2v) is 6.03. The molecule has 2 aromatic rings. The molecule has 1 heterocycles. The molecule has 1 amide bonds. The van der Waals surface area contributed by atoms with E-state index in [9.17, 15) is 4.79 Å². The smallest absolute Gasteiger partial charge is 0.230 e. The average Bonchev–Trinajstić information content (AvgIpc) is 2.95. The lowest BCUT2D eigenvalue weighted by Crippen LogP contribution is -2.20. The molecule has 0 saturated carbocycles. The molecular weight excluding hydrogens is 312 g/mol. The van der Waals surface area contributed by atoms with E-state index >= 15 is 0 Å². The van der Waals surface area contributed by atoms with Crippen LogP contribution in [0.4, 0.5) is 0 Å². The van der Waals surface area contributed by atoms with Crippen LogP contribution >= 0.6 is 11.8 Å². The topological polar surface area (TPSA) is 69.0 Å². The van der Waals surface area contributed by atoms with Gasteiger partial charge < -0.3 is 14.6 Å². The highest BCUT2D eigenvalue weighted by atomic mass is 32.2. The van der Waals surface area contributed by atoms with Crippen molar-refractivity contribution in [2.75, 3.05) is 12.8 Å². The molecule has 0 aliphatic heterocycles. The maximum atomic E-state index is 11.4. The Bertz CT molecular complexity index is 685. The van der Waals surface area contributed by atoms with Gasteiger partial charge in [0.05, 0.1) is 5.75 Å². The Morgan fingerprint density at radius 3 is 2.83 bits per heavy atom. The van der Waals surface area contributed by atoms with Crippen molar-refractivity contribution in [2.24, 2.45) is 0 Å². The predicted octanol–water partition coefficient (Wildman–Crippen LogP) is 2.33. The van der Waals surface area contributed by atoms with Gasteiger partial charge >= 0.3 is 0 Å². The van der Waals surface area contributed by atoms with Crippen molar-refractivity contribution < 1.29 is 9.53 Å². The molecule has 0 unspecified atom stereocenters. The van der Waals surface area contributed by atoms with Crippen molar-refractivity contribution in [3.8, 4) is 5.75 Å². The van der Waals surface area contributed by atoms with Gasteiger partial charge in [-0.05, 0) is 38.0 Å². The van der Waals surface area contributed by atoms with Crippen LogP contribution in [0, 0.1) is 13.8 Å². The van der Waals surface area contributed by atoms with Gasteiger partial charge in [-0.3, -0.25) is 4.79 Å². The molecule has 1 aromatic heterocycles. The molecule has 0 atom stereocenters. The molecule has 0 radical (unpaired) electrons. The standard InChI is InChI=1S/C16H22N4O2S/c1-5-20-14(18-19-16(20)23-10-15(21)17-4)9-22-13-8-6-7-11(2)12(13)3/h6-8H,5,9-10H2,1-4H3,(H,17,21). The van der Waals surface area contributed by atoms with Crippen LogP contribution in [0.25, 0.3) is 0 Å². The summed E-state index contributed by atoms with van der Waals surface area (Å²) in [5, 5.41) is 11.7. The summed E-state index contributed by atoms with van der Waals surface area (Å²) in [6.45, 7) is 7.21. The zero-order valence-electron chi connectivity index (χ0n) is 13.9. The number of hydrogen-bond donors (Lipinski definition) is 1. The Labute approximate surface area is 140 Å². The lowest BCUT2D eigenvalue weighted by molar-refractivity contribution is -0.118. The number of hydrogen-bond acceptors (Lipinski definition) is 5. The number of aromatic nitrogens is 3. The van der Waals surface area contributed by atoms with E-state index in [-0.39, 0.29) is 5.91 Å². The summed E-state index contributed by atoms with van der Waals surface area (Å²) in [5.74, 6) is 1.91. The Hall–Kier alpha value is -2.02. The molecule has 124 valence electrons. The van der Waals surface area contributed by atoms with Gasteiger partial charge in [0.15, 0.2) is 11.0 Å².